The Morgan fingerprint density at radius 2 is 1.37 bits per heavy atom. The van der Waals surface area contributed by atoms with E-state index in [1.165, 1.54) is 0 Å². The largest absolute Gasteiger partial charge is 0.379 e. The average Bonchev–Trinajstić information content (AvgIpc) is 2.84. The number of anilines is 1. The summed E-state index contributed by atoms with van der Waals surface area (Å²) in [5, 5.41) is 0. The molecule has 0 spiro atoms. The molecule has 30 heavy (non-hydrogen) atoms. The van der Waals surface area contributed by atoms with Gasteiger partial charge in [0.2, 0.25) is 0 Å². The lowest BCUT2D eigenvalue weighted by Crippen LogP contribution is -2.53. The van der Waals surface area contributed by atoms with E-state index < -0.39 is 0 Å². The van der Waals surface area contributed by atoms with Crippen molar-refractivity contribution < 1.29 is 9.53 Å². The molecule has 0 unspecified atom stereocenters. The third kappa shape index (κ3) is 4.45. The van der Waals surface area contributed by atoms with Crippen molar-refractivity contribution in [1.29, 1.82) is 0 Å². The van der Waals surface area contributed by atoms with Gasteiger partial charge < -0.3 is 9.64 Å². The molecule has 4 nitrogen and oxygen atoms in total. The zero-order chi connectivity index (χ0) is 20.8. The van der Waals surface area contributed by atoms with Crippen LogP contribution in [0, 0.1) is 0 Å². The molecule has 4 rings (SSSR count). The number of hydrogen-bond donors (Lipinski definition) is 0. The van der Waals surface area contributed by atoms with E-state index in [-0.39, 0.29) is 17.9 Å². The summed E-state index contributed by atoms with van der Waals surface area (Å²) in [6, 6.07) is 29.8. The summed E-state index contributed by atoms with van der Waals surface area (Å²) in [5.41, 5.74) is 2.96. The summed E-state index contributed by atoms with van der Waals surface area (Å²) in [5.74, 6) is 0.147. The summed E-state index contributed by atoms with van der Waals surface area (Å²) >= 11 is 0. The maximum Gasteiger partial charge on any atom is 0.182 e. The smallest absolute Gasteiger partial charge is 0.182 e. The van der Waals surface area contributed by atoms with Gasteiger partial charge in [0, 0.05) is 31.4 Å². The van der Waals surface area contributed by atoms with Gasteiger partial charge in [0.05, 0.1) is 25.3 Å². The molecule has 3 aromatic rings. The Morgan fingerprint density at radius 3 is 1.97 bits per heavy atom. The minimum atomic E-state index is -0.316. The molecule has 1 fully saturated rings. The second-order valence-electron chi connectivity index (χ2n) is 7.63. The van der Waals surface area contributed by atoms with E-state index in [0.717, 1.165) is 29.9 Å². The quantitative estimate of drug-likeness (QED) is 0.549. The number of para-hydroxylation sites is 1. The molecule has 3 aromatic carbocycles. The Morgan fingerprint density at radius 1 is 0.833 bits per heavy atom. The molecule has 1 aliphatic heterocycles. The van der Waals surface area contributed by atoms with Crippen molar-refractivity contribution in [3.05, 3.63) is 102 Å². The molecular weight excluding hydrogens is 372 g/mol. The van der Waals surface area contributed by atoms with Crippen molar-refractivity contribution in [3.8, 4) is 0 Å². The molecule has 0 N–H and O–H groups in total. The second-order valence-corrected chi connectivity index (χ2v) is 7.63. The number of carbonyl (C=O) groups excluding carboxylic acids is 1. The first kappa shape index (κ1) is 20.3. The lowest BCUT2D eigenvalue weighted by atomic mass is 9.89. The first-order valence-electron chi connectivity index (χ1n) is 10.5. The first-order valence-corrected chi connectivity index (χ1v) is 10.5. The Balaban J connectivity index is 1.80. The van der Waals surface area contributed by atoms with E-state index in [1.54, 1.807) is 0 Å². The normalized spacial score (nSPS) is 16.6. The van der Waals surface area contributed by atoms with Crippen LogP contribution in [0.2, 0.25) is 0 Å². The lowest BCUT2D eigenvalue weighted by Gasteiger charge is -2.42. The van der Waals surface area contributed by atoms with Gasteiger partial charge >= 0.3 is 0 Å². The Hall–Kier alpha value is -2.95. The summed E-state index contributed by atoms with van der Waals surface area (Å²) in [7, 11) is 2.08. The molecule has 154 valence electrons. The van der Waals surface area contributed by atoms with Crippen LogP contribution in [0.4, 0.5) is 5.69 Å². The number of ether oxygens (including phenoxy) is 1. The number of likely N-dealkylation sites (N-methyl/N-ethyl adjacent to an activating group) is 1. The van der Waals surface area contributed by atoms with Gasteiger partial charge in [-0.05, 0) is 17.7 Å². The van der Waals surface area contributed by atoms with Gasteiger partial charge in [-0.15, -0.1) is 0 Å². The molecule has 0 amide bonds. The Kier molecular flexibility index (Phi) is 6.57. The SMILES string of the molecule is CN(c1ccccc1)[C@@H](c1ccccc1)[C@@H](C(=O)c1ccccc1)N1CCOCC1. The molecule has 0 bridgehead atoms. The highest BCUT2D eigenvalue weighted by Gasteiger charge is 2.38. The van der Waals surface area contributed by atoms with E-state index in [9.17, 15) is 4.79 Å². The number of morpholine rings is 1. The van der Waals surface area contributed by atoms with E-state index >= 15 is 0 Å². The van der Waals surface area contributed by atoms with Crippen LogP contribution in [0.5, 0.6) is 0 Å². The summed E-state index contributed by atoms with van der Waals surface area (Å²) in [4.78, 5) is 18.4. The van der Waals surface area contributed by atoms with E-state index in [2.05, 4.69) is 41.1 Å². The van der Waals surface area contributed by atoms with Gasteiger partial charge in [0.15, 0.2) is 5.78 Å². The van der Waals surface area contributed by atoms with E-state index in [1.807, 2.05) is 66.7 Å². The average molecular weight is 401 g/mol. The highest BCUT2D eigenvalue weighted by Crippen LogP contribution is 2.33. The maximum atomic E-state index is 13.9. The number of rotatable bonds is 7. The molecule has 4 heteroatoms. The van der Waals surface area contributed by atoms with Gasteiger partial charge in [0.1, 0.15) is 0 Å². The van der Waals surface area contributed by atoms with E-state index in [4.69, 9.17) is 4.74 Å². The molecule has 0 radical (unpaired) electrons. The zero-order valence-corrected chi connectivity index (χ0v) is 17.4. The van der Waals surface area contributed by atoms with Crippen molar-refractivity contribution in [2.75, 3.05) is 38.3 Å². The Labute approximate surface area is 178 Å². The van der Waals surface area contributed by atoms with Gasteiger partial charge in [-0.25, -0.2) is 0 Å². The molecular formula is C26H28N2O2. The number of ketones is 1. The number of hydrogen-bond acceptors (Lipinski definition) is 4. The third-order valence-corrected chi connectivity index (χ3v) is 5.79. The predicted molar refractivity (Wildman–Crippen MR) is 121 cm³/mol. The molecule has 1 heterocycles. The lowest BCUT2D eigenvalue weighted by molar-refractivity contribution is 0.0124. The van der Waals surface area contributed by atoms with Crippen molar-refractivity contribution >= 4 is 11.5 Å². The molecule has 0 aromatic heterocycles. The predicted octanol–water partition coefficient (Wildman–Crippen LogP) is 4.45. The van der Waals surface area contributed by atoms with Gasteiger partial charge in [0.25, 0.3) is 0 Å². The molecule has 2 atom stereocenters. The highest BCUT2D eigenvalue weighted by atomic mass is 16.5. The first-order chi connectivity index (χ1) is 14.8. The van der Waals surface area contributed by atoms with Crippen LogP contribution < -0.4 is 4.90 Å². The van der Waals surface area contributed by atoms with Gasteiger partial charge in [-0.3, -0.25) is 9.69 Å². The van der Waals surface area contributed by atoms with Crippen LogP contribution in [0.1, 0.15) is 22.0 Å². The van der Waals surface area contributed by atoms with Crippen molar-refractivity contribution in [2.45, 2.75) is 12.1 Å². The topological polar surface area (TPSA) is 32.8 Å². The zero-order valence-electron chi connectivity index (χ0n) is 17.4. The fourth-order valence-electron chi connectivity index (χ4n) is 4.23. The minimum Gasteiger partial charge on any atom is -0.379 e. The number of benzene rings is 3. The Bertz CT molecular complexity index is 925. The van der Waals surface area contributed by atoms with Crippen molar-refractivity contribution in [3.63, 3.8) is 0 Å². The van der Waals surface area contributed by atoms with Crippen molar-refractivity contribution in [2.24, 2.45) is 0 Å². The van der Waals surface area contributed by atoms with Crippen LogP contribution in [0.3, 0.4) is 0 Å². The summed E-state index contributed by atoms with van der Waals surface area (Å²) in [6.45, 7) is 2.79. The molecule has 1 saturated heterocycles. The van der Waals surface area contributed by atoms with Crippen molar-refractivity contribution in [1.82, 2.24) is 4.90 Å². The monoisotopic (exact) mass is 400 g/mol. The minimum absolute atomic E-state index is 0.126. The molecule has 1 aliphatic rings. The van der Waals surface area contributed by atoms with Crippen LogP contribution in [-0.2, 0) is 4.74 Å². The van der Waals surface area contributed by atoms with Gasteiger partial charge in [-0.2, -0.15) is 0 Å². The standard InChI is InChI=1S/C26H28N2O2/c1-27(23-15-9-4-10-16-23)24(21-11-5-2-6-12-21)25(28-17-19-30-20-18-28)26(29)22-13-7-3-8-14-22/h2-16,24-25H,17-20H2,1H3/t24-,25-/m0/s1. The third-order valence-electron chi connectivity index (χ3n) is 5.79. The van der Waals surface area contributed by atoms with Crippen LogP contribution in [-0.4, -0.2) is 50.1 Å². The highest BCUT2D eigenvalue weighted by molar-refractivity contribution is 6.01. The summed E-state index contributed by atoms with van der Waals surface area (Å²) in [6.07, 6.45) is 0. The number of Topliss-reactive ketones (excluding diaryl/α,β-unsaturated/α-hetero) is 1. The second kappa shape index (κ2) is 9.70. The number of nitrogens with zero attached hydrogens (tertiary/aromatic N) is 2. The fourth-order valence-corrected chi connectivity index (χ4v) is 4.23. The van der Waals surface area contributed by atoms with Gasteiger partial charge in [-0.1, -0.05) is 78.9 Å². The van der Waals surface area contributed by atoms with Crippen LogP contribution >= 0.6 is 0 Å². The van der Waals surface area contributed by atoms with Crippen LogP contribution in [0.25, 0.3) is 0 Å². The number of carbonyl (C=O) groups is 1. The maximum absolute atomic E-state index is 13.9. The fraction of sp³-hybridized carbons (Fsp3) is 0.269. The molecule has 0 aliphatic carbocycles. The van der Waals surface area contributed by atoms with E-state index in [0.29, 0.717) is 13.2 Å². The summed E-state index contributed by atoms with van der Waals surface area (Å²) < 4.78 is 5.60. The van der Waals surface area contributed by atoms with Crippen LogP contribution in [0.15, 0.2) is 91.0 Å². The molecule has 0 saturated carbocycles.